The van der Waals surface area contributed by atoms with Crippen LogP contribution in [0.3, 0.4) is 0 Å². The van der Waals surface area contributed by atoms with Crippen LogP contribution >= 0.6 is 11.6 Å². The van der Waals surface area contributed by atoms with Gasteiger partial charge in [0.05, 0.1) is 13.7 Å². The van der Waals surface area contributed by atoms with Gasteiger partial charge < -0.3 is 14.2 Å². The second-order valence-electron chi connectivity index (χ2n) is 4.49. The molecule has 0 N–H and O–H groups in total. The van der Waals surface area contributed by atoms with Gasteiger partial charge in [-0.05, 0) is 36.5 Å². The second-order valence-corrected chi connectivity index (χ2v) is 4.75. The number of rotatable bonds is 5. The summed E-state index contributed by atoms with van der Waals surface area (Å²) in [5, 5.41) is 0. The quantitative estimate of drug-likeness (QED) is 0.769. The van der Waals surface area contributed by atoms with Crippen molar-refractivity contribution in [1.29, 1.82) is 0 Å². The van der Waals surface area contributed by atoms with Crippen molar-refractivity contribution in [3.8, 4) is 11.5 Å². The highest BCUT2D eigenvalue weighted by Crippen LogP contribution is 2.29. The highest BCUT2D eigenvalue weighted by molar-refractivity contribution is 6.17. The average Bonchev–Trinajstić information content (AvgIpc) is 2.45. The molecule has 0 atom stereocenters. The van der Waals surface area contributed by atoms with E-state index in [0.29, 0.717) is 18.4 Å². The fourth-order valence-corrected chi connectivity index (χ4v) is 2.20. The lowest BCUT2D eigenvalue weighted by Crippen LogP contribution is -2.21. The third-order valence-electron chi connectivity index (χ3n) is 3.20. The van der Waals surface area contributed by atoms with Crippen LogP contribution in [-0.2, 0) is 10.6 Å². The number of halogens is 1. The van der Waals surface area contributed by atoms with E-state index in [1.54, 1.807) is 7.11 Å². The Morgan fingerprint density at radius 2 is 2.06 bits per heavy atom. The molecule has 0 saturated carbocycles. The maximum Gasteiger partial charge on any atom is 0.161 e. The van der Waals surface area contributed by atoms with Gasteiger partial charge in [0.2, 0.25) is 0 Å². The van der Waals surface area contributed by atoms with Crippen LogP contribution in [0.25, 0.3) is 0 Å². The third kappa shape index (κ3) is 3.53. The first-order valence-electron chi connectivity index (χ1n) is 6.27. The average molecular weight is 271 g/mol. The summed E-state index contributed by atoms with van der Waals surface area (Å²) in [7, 11) is 1.65. The Kier molecular flexibility index (Phi) is 5.14. The Morgan fingerprint density at radius 3 is 2.72 bits per heavy atom. The first kappa shape index (κ1) is 13.5. The van der Waals surface area contributed by atoms with Crippen LogP contribution in [0.2, 0.25) is 0 Å². The molecule has 0 radical (unpaired) electrons. The molecule has 0 spiro atoms. The van der Waals surface area contributed by atoms with Gasteiger partial charge in [-0.15, -0.1) is 11.6 Å². The van der Waals surface area contributed by atoms with E-state index in [9.17, 15) is 0 Å². The van der Waals surface area contributed by atoms with Crippen LogP contribution in [0.5, 0.6) is 11.5 Å². The maximum atomic E-state index is 5.87. The van der Waals surface area contributed by atoms with Crippen molar-refractivity contribution in [3.05, 3.63) is 23.8 Å². The molecule has 1 fully saturated rings. The SMILES string of the molecule is COc1ccc(CCl)cc1OCC1CCOCC1. The molecule has 1 saturated heterocycles. The zero-order chi connectivity index (χ0) is 12.8. The lowest BCUT2D eigenvalue weighted by molar-refractivity contribution is 0.0493. The molecule has 1 aliphatic rings. The van der Waals surface area contributed by atoms with Crippen LogP contribution in [-0.4, -0.2) is 26.9 Å². The molecule has 3 nitrogen and oxygen atoms in total. The minimum atomic E-state index is 0.484. The fraction of sp³-hybridized carbons (Fsp3) is 0.571. The summed E-state index contributed by atoms with van der Waals surface area (Å²) in [5.74, 6) is 2.60. The summed E-state index contributed by atoms with van der Waals surface area (Å²) in [6.07, 6.45) is 2.13. The number of benzene rings is 1. The fourth-order valence-electron chi connectivity index (χ4n) is 2.04. The molecule has 0 bridgehead atoms. The molecule has 4 heteroatoms. The number of hydrogen-bond donors (Lipinski definition) is 0. The summed E-state index contributed by atoms with van der Waals surface area (Å²) in [4.78, 5) is 0. The monoisotopic (exact) mass is 270 g/mol. The summed E-state index contributed by atoms with van der Waals surface area (Å²) in [6.45, 7) is 2.39. The van der Waals surface area contributed by atoms with Crippen LogP contribution in [0, 0.1) is 5.92 Å². The Hall–Kier alpha value is -0.930. The van der Waals surface area contributed by atoms with E-state index in [1.807, 2.05) is 18.2 Å². The molecule has 0 unspecified atom stereocenters. The van der Waals surface area contributed by atoms with E-state index in [0.717, 1.165) is 43.1 Å². The minimum Gasteiger partial charge on any atom is -0.493 e. The molecule has 2 rings (SSSR count). The molecule has 1 aliphatic heterocycles. The molecule has 1 heterocycles. The predicted molar refractivity (Wildman–Crippen MR) is 71.6 cm³/mol. The van der Waals surface area contributed by atoms with E-state index in [4.69, 9.17) is 25.8 Å². The normalized spacial score (nSPS) is 16.6. The van der Waals surface area contributed by atoms with Crippen LogP contribution in [0.4, 0.5) is 0 Å². The highest BCUT2D eigenvalue weighted by Gasteiger charge is 2.15. The molecular weight excluding hydrogens is 252 g/mol. The van der Waals surface area contributed by atoms with Crippen molar-refractivity contribution in [3.63, 3.8) is 0 Å². The molecule has 100 valence electrons. The number of methoxy groups -OCH3 is 1. The van der Waals surface area contributed by atoms with Gasteiger partial charge in [0.1, 0.15) is 0 Å². The van der Waals surface area contributed by atoms with Crippen molar-refractivity contribution in [2.24, 2.45) is 5.92 Å². The Balaban J connectivity index is 1.97. The Bertz CT molecular complexity index is 375. The summed E-state index contributed by atoms with van der Waals surface area (Å²) >= 11 is 5.83. The van der Waals surface area contributed by atoms with E-state index >= 15 is 0 Å². The minimum absolute atomic E-state index is 0.484. The summed E-state index contributed by atoms with van der Waals surface area (Å²) < 4.78 is 16.5. The predicted octanol–water partition coefficient (Wildman–Crippen LogP) is 3.24. The third-order valence-corrected chi connectivity index (χ3v) is 3.51. The van der Waals surface area contributed by atoms with Crippen molar-refractivity contribution >= 4 is 11.6 Å². The largest absolute Gasteiger partial charge is 0.493 e. The van der Waals surface area contributed by atoms with E-state index in [-0.39, 0.29) is 0 Å². The van der Waals surface area contributed by atoms with Gasteiger partial charge in [0.15, 0.2) is 11.5 Å². The molecule has 18 heavy (non-hydrogen) atoms. The zero-order valence-electron chi connectivity index (χ0n) is 10.7. The van der Waals surface area contributed by atoms with Gasteiger partial charge in [-0.25, -0.2) is 0 Å². The first-order valence-corrected chi connectivity index (χ1v) is 6.80. The van der Waals surface area contributed by atoms with Gasteiger partial charge in [0, 0.05) is 19.1 Å². The van der Waals surface area contributed by atoms with Crippen LogP contribution in [0.1, 0.15) is 18.4 Å². The van der Waals surface area contributed by atoms with E-state index < -0.39 is 0 Å². The van der Waals surface area contributed by atoms with Gasteiger partial charge in [0.25, 0.3) is 0 Å². The smallest absolute Gasteiger partial charge is 0.161 e. The lowest BCUT2D eigenvalue weighted by Gasteiger charge is -2.22. The number of alkyl halides is 1. The molecule has 0 aliphatic carbocycles. The van der Waals surface area contributed by atoms with Crippen molar-refractivity contribution in [2.75, 3.05) is 26.9 Å². The molecule has 0 amide bonds. The van der Waals surface area contributed by atoms with Gasteiger partial charge in [-0.1, -0.05) is 6.07 Å². The first-order chi connectivity index (χ1) is 8.83. The van der Waals surface area contributed by atoms with Crippen molar-refractivity contribution < 1.29 is 14.2 Å². The van der Waals surface area contributed by atoms with Gasteiger partial charge in [-0.3, -0.25) is 0 Å². The number of ether oxygens (including phenoxy) is 3. The standard InChI is InChI=1S/C14H19ClO3/c1-16-13-3-2-12(9-15)8-14(13)18-10-11-4-6-17-7-5-11/h2-3,8,11H,4-7,9-10H2,1H3. The summed E-state index contributed by atoms with van der Waals surface area (Å²) in [6, 6.07) is 5.80. The van der Waals surface area contributed by atoms with Crippen molar-refractivity contribution in [2.45, 2.75) is 18.7 Å². The van der Waals surface area contributed by atoms with E-state index in [2.05, 4.69) is 0 Å². The lowest BCUT2D eigenvalue weighted by atomic mass is 10.0. The second kappa shape index (κ2) is 6.86. The Labute approximate surface area is 113 Å². The highest BCUT2D eigenvalue weighted by atomic mass is 35.5. The topological polar surface area (TPSA) is 27.7 Å². The van der Waals surface area contributed by atoms with E-state index in [1.165, 1.54) is 0 Å². The number of hydrogen-bond acceptors (Lipinski definition) is 3. The molecular formula is C14H19ClO3. The Morgan fingerprint density at radius 1 is 1.28 bits per heavy atom. The van der Waals surface area contributed by atoms with Crippen molar-refractivity contribution in [1.82, 2.24) is 0 Å². The molecule has 1 aromatic rings. The molecule has 1 aromatic carbocycles. The van der Waals surface area contributed by atoms with Gasteiger partial charge >= 0.3 is 0 Å². The van der Waals surface area contributed by atoms with Crippen LogP contribution < -0.4 is 9.47 Å². The maximum absolute atomic E-state index is 5.87. The van der Waals surface area contributed by atoms with Crippen LogP contribution in [0.15, 0.2) is 18.2 Å². The molecule has 0 aromatic heterocycles. The van der Waals surface area contributed by atoms with Gasteiger partial charge in [-0.2, -0.15) is 0 Å². The summed E-state index contributed by atoms with van der Waals surface area (Å²) in [5.41, 5.74) is 1.04. The zero-order valence-corrected chi connectivity index (χ0v) is 11.4.